The minimum absolute atomic E-state index is 0. The first-order valence-corrected chi connectivity index (χ1v) is 10.6. The van der Waals surface area contributed by atoms with Gasteiger partial charge in [-0.2, -0.15) is 0 Å². The first-order chi connectivity index (χ1) is 13.7. The maximum atomic E-state index is 12.6. The maximum absolute atomic E-state index is 12.6. The zero-order valence-corrected chi connectivity index (χ0v) is 20.0. The number of pyridine rings is 1. The maximum Gasteiger partial charge on any atom is 0.225 e. The molecule has 2 aliphatic rings. The molecule has 1 aromatic heterocycles. The van der Waals surface area contributed by atoms with Gasteiger partial charge in [0.2, 0.25) is 11.8 Å². The number of rotatable bonds is 7. The van der Waals surface area contributed by atoms with Gasteiger partial charge in [0, 0.05) is 43.9 Å². The Labute approximate surface area is 195 Å². The number of ether oxygens (including phenoxy) is 1. The van der Waals surface area contributed by atoms with Gasteiger partial charge in [-0.25, -0.2) is 9.98 Å². The summed E-state index contributed by atoms with van der Waals surface area (Å²) in [7, 11) is 0. The van der Waals surface area contributed by atoms with Crippen LogP contribution in [0.15, 0.2) is 23.3 Å². The van der Waals surface area contributed by atoms with Crippen LogP contribution in [-0.4, -0.2) is 60.6 Å². The third kappa shape index (κ3) is 7.47. The van der Waals surface area contributed by atoms with E-state index < -0.39 is 0 Å². The van der Waals surface area contributed by atoms with Crippen LogP contribution in [0.5, 0.6) is 5.88 Å². The van der Waals surface area contributed by atoms with E-state index in [1.807, 2.05) is 11.8 Å². The molecule has 162 valence electrons. The molecule has 0 radical (unpaired) electrons. The number of nitrogens with zero attached hydrogens (tertiary/aromatic N) is 3. The minimum Gasteiger partial charge on any atom is -0.476 e. The summed E-state index contributed by atoms with van der Waals surface area (Å²) in [5.41, 5.74) is 0. The van der Waals surface area contributed by atoms with Crippen LogP contribution in [0.2, 0.25) is 5.02 Å². The van der Waals surface area contributed by atoms with E-state index in [2.05, 4.69) is 20.6 Å². The molecule has 1 aliphatic carbocycles. The van der Waals surface area contributed by atoms with Crippen LogP contribution in [0.4, 0.5) is 0 Å². The van der Waals surface area contributed by atoms with Gasteiger partial charge in [-0.05, 0) is 32.3 Å². The molecule has 3 rings (SSSR count). The molecule has 7 nitrogen and oxygen atoms in total. The van der Waals surface area contributed by atoms with Crippen molar-refractivity contribution < 1.29 is 9.53 Å². The van der Waals surface area contributed by atoms with Crippen LogP contribution < -0.4 is 15.4 Å². The summed E-state index contributed by atoms with van der Waals surface area (Å²) in [6, 6.07) is 3.73. The van der Waals surface area contributed by atoms with E-state index in [1.54, 1.807) is 18.3 Å². The molecule has 2 fully saturated rings. The zero-order chi connectivity index (χ0) is 19.8. The van der Waals surface area contributed by atoms with Gasteiger partial charge in [-0.15, -0.1) is 24.0 Å². The second-order valence-corrected chi connectivity index (χ2v) is 7.76. The van der Waals surface area contributed by atoms with Crippen molar-refractivity contribution in [3.8, 4) is 5.88 Å². The first-order valence-electron chi connectivity index (χ1n) is 10.2. The van der Waals surface area contributed by atoms with E-state index in [0.29, 0.717) is 30.0 Å². The molecule has 1 aliphatic heterocycles. The molecule has 29 heavy (non-hydrogen) atoms. The summed E-state index contributed by atoms with van der Waals surface area (Å²) < 4.78 is 5.58. The molecule has 2 N–H and O–H groups in total. The van der Waals surface area contributed by atoms with Gasteiger partial charge in [-0.3, -0.25) is 4.79 Å². The second kappa shape index (κ2) is 12.4. The monoisotopic (exact) mass is 535 g/mol. The number of guanidine groups is 1. The molecule has 0 bridgehead atoms. The number of amides is 1. The molecule has 0 spiro atoms. The topological polar surface area (TPSA) is 78.9 Å². The van der Waals surface area contributed by atoms with Crippen molar-refractivity contribution in [3.63, 3.8) is 0 Å². The summed E-state index contributed by atoms with van der Waals surface area (Å²) in [6.45, 7) is 5.35. The third-order valence-corrected chi connectivity index (χ3v) is 5.42. The average molecular weight is 536 g/mol. The van der Waals surface area contributed by atoms with Crippen molar-refractivity contribution in [1.29, 1.82) is 0 Å². The highest BCUT2D eigenvalue weighted by Crippen LogP contribution is 2.27. The van der Waals surface area contributed by atoms with Crippen LogP contribution in [0.25, 0.3) is 0 Å². The average Bonchev–Trinajstić information content (AvgIpc) is 3.38. The highest BCUT2D eigenvalue weighted by molar-refractivity contribution is 14.0. The number of halogens is 2. The van der Waals surface area contributed by atoms with Gasteiger partial charge in [0.25, 0.3) is 0 Å². The molecule has 1 aromatic rings. The Morgan fingerprint density at radius 3 is 2.83 bits per heavy atom. The predicted octanol–water partition coefficient (Wildman–Crippen LogP) is 3.08. The number of hydrogen-bond acceptors (Lipinski definition) is 4. The quantitative estimate of drug-likeness (QED) is 0.243. The number of aromatic nitrogens is 1. The molecule has 0 aromatic carbocycles. The molecule has 1 saturated carbocycles. The van der Waals surface area contributed by atoms with Crippen LogP contribution >= 0.6 is 35.6 Å². The van der Waals surface area contributed by atoms with E-state index in [-0.39, 0.29) is 35.9 Å². The van der Waals surface area contributed by atoms with E-state index in [1.165, 1.54) is 12.8 Å². The Balaban J connectivity index is 0.00000300. The Bertz CT molecular complexity index is 667. The minimum atomic E-state index is 0. The first kappa shape index (κ1) is 24.0. The van der Waals surface area contributed by atoms with Crippen molar-refractivity contribution in [2.24, 2.45) is 10.9 Å². The van der Waals surface area contributed by atoms with E-state index >= 15 is 0 Å². The van der Waals surface area contributed by atoms with Crippen LogP contribution in [0, 0.1) is 5.92 Å². The number of carbonyl (C=O) groups is 1. The molecule has 9 heteroatoms. The fourth-order valence-electron chi connectivity index (χ4n) is 3.78. The summed E-state index contributed by atoms with van der Waals surface area (Å²) >= 11 is 5.82. The molecule has 1 unspecified atom stereocenters. The molecule has 1 atom stereocenters. The van der Waals surface area contributed by atoms with Crippen molar-refractivity contribution in [1.82, 2.24) is 20.5 Å². The fraction of sp³-hybridized carbons (Fsp3) is 0.650. The molecule has 2 heterocycles. The lowest BCUT2D eigenvalue weighted by atomic mass is 10.1. The Hall–Kier alpha value is -1.29. The summed E-state index contributed by atoms with van der Waals surface area (Å²) in [5, 5.41) is 7.30. The highest BCUT2D eigenvalue weighted by atomic mass is 127. The van der Waals surface area contributed by atoms with Crippen LogP contribution in [0.3, 0.4) is 0 Å². The summed E-state index contributed by atoms with van der Waals surface area (Å²) in [5.74, 6) is 1.89. The van der Waals surface area contributed by atoms with Gasteiger partial charge >= 0.3 is 0 Å². The molecular formula is C20H31ClIN5O2. The Kier molecular flexibility index (Phi) is 10.3. The third-order valence-electron chi connectivity index (χ3n) is 5.20. The van der Waals surface area contributed by atoms with E-state index in [9.17, 15) is 4.79 Å². The standard InChI is InChI=1S/C20H30ClN5O2.HI/c1-2-22-20(23-10-12-28-18-8-7-16(21)13-24-18)25-17-9-11-26(14-17)19(27)15-5-3-4-6-15;/h7-8,13,15,17H,2-6,9-12,14H2,1H3,(H2,22,23,25);1H. The van der Waals surface area contributed by atoms with Crippen LogP contribution in [0.1, 0.15) is 39.0 Å². The van der Waals surface area contributed by atoms with Gasteiger partial charge in [-0.1, -0.05) is 24.4 Å². The number of likely N-dealkylation sites (tertiary alicyclic amines) is 1. The number of nitrogens with one attached hydrogen (secondary N) is 2. The number of aliphatic imine (C=N–C) groups is 1. The van der Waals surface area contributed by atoms with Crippen molar-refractivity contribution in [2.45, 2.75) is 45.1 Å². The number of carbonyl (C=O) groups excluding carboxylic acids is 1. The molecular weight excluding hydrogens is 505 g/mol. The van der Waals surface area contributed by atoms with Gasteiger partial charge in [0.1, 0.15) is 6.61 Å². The molecule has 1 saturated heterocycles. The summed E-state index contributed by atoms with van der Waals surface area (Å²) in [6.07, 6.45) is 7.01. The lowest BCUT2D eigenvalue weighted by molar-refractivity contribution is -0.134. The van der Waals surface area contributed by atoms with Crippen molar-refractivity contribution >= 4 is 47.4 Å². The predicted molar refractivity (Wildman–Crippen MR) is 126 cm³/mol. The largest absolute Gasteiger partial charge is 0.476 e. The van der Waals surface area contributed by atoms with Gasteiger partial charge < -0.3 is 20.3 Å². The Morgan fingerprint density at radius 1 is 1.34 bits per heavy atom. The summed E-state index contributed by atoms with van der Waals surface area (Å²) in [4.78, 5) is 23.3. The second-order valence-electron chi connectivity index (χ2n) is 7.32. The lowest BCUT2D eigenvalue weighted by Gasteiger charge is -2.21. The van der Waals surface area contributed by atoms with Gasteiger partial charge in [0.15, 0.2) is 5.96 Å². The van der Waals surface area contributed by atoms with Crippen molar-refractivity contribution in [2.75, 3.05) is 32.8 Å². The van der Waals surface area contributed by atoms with Crippen molar-refractivity contribution in [3.05, 3.63) is 23.4 Å². The van der Waals surface area contributed by atoms with Gasteiger partial charge in [0.05, 0.1) is 11.6 Å². The number of hydrogen-bond donors (Lipinski definition) is 2. The van der Waals surface area contributed by atoms with E-state index in [0.717, 1.165) is 44.9 Å². The smallest absolute Gasteiger partial charge is 0.225 e. The normalized spacial score (nSPS) is 19.7. The van der Waals surface area contributed by atoms with Crippen LogP contribution in [-0.2, 0) is 4.79 Å². The van der Waals surface area contributed by atoms with E-state index in [4.69, 9.17) is 16.3 Å². The lowest BCUT2D eigenvalue weighted by Crippen LogP contribution is -2.45. The SMILES string of the molecule is CCNC(=NCCOc1ccc(Cl)cn1)NC1CCN(C(=O)C2CCCC2)C1.I. The fourth-order valence-corrected chi connectivity index (χ4v) is 3.89. The zero-order valence-electron chi connectivity index (χ0n) is 16.9. The highest BCUT2D eigenvalue weighted by Gasteiger charge is 2.32. The Morgan fingerprint density at radius 2 is 2.14 bits per heavy atom. The molecule has 1 amide bonds.